The number of rotatable bonds is 0. The molecular formula is C19H24ClN5. The van der Waals surface area contributed by atoms with Crippen LogP contribution in [0.15, 0.2) is 36.8 Å². The smallest absolute Gasteiger partial charge is 0.234 e. The van der Waals surface area contributed by atoms with E-state index in [-0.39, 0.29) is 0 Å². The Labute approximate surface area is 153 Å². The van der Waals surface area contributed by atoms with Crippen molar-refractivity contribution in [3.8, 4) is 0 Å². The lowest BCUT2D eigenvalue weighted by Crippen LogP contribution is -1.87. The number of aromatic nitrogens is 5. The molecule has 0 aromatic carbocycles. The molecule has 0 aliphatic carbocycles. The van der Waals surface area contributed by atoms with Gasteiger partial charge >= 0.3 is 0 Å². The van der Waals surface area contributed by atoms with Crippen LogP contribution >= 0.6 is 11.6 Å². The molecule has 4 aromatic heterocycles. The van der Waals surface area contributed by atoms with Gasteiger partial charge in [-0.1, -0.05) is 25.4 Å². The highest BCUT2D eigenvalue weighted by Crippen LogP contribution is 2.18. The van der Waals surface area contributed by atoms with Gasteiger partial charge in [-0.3, -0.25) is 4.40 Å². The zero-order chi connectivity index (χ0) is 18.6. The van der Waals surface area contributed by atoms with Crippen molar-refractivity contribution < 1.29 is 0 Å². The van der Waals surface area contributed by atoms with E-state index >= 15 is 0 Å². The first kappa shape index (κ1) is 18.9. The van der Waals surface area contributed by atoms with Crippen LogP contribution in [-0.2, 0) is 0 Å². The molecule has 0 aliphatic heterocycles. The van der Waals surface area contributed by atoms with Gasteiger partial charge in [0.15, 0.2) is 5.65 Å². The summed E-state index contributed by atoms with van der Waals surface area (Å²) in [5.41, 5.74) is 5.22. The number of fused-ring (bicyclic) bond motifs is 2. The van der Waals surface area contributed by atoms with Crippen LogP contribution in [0.3, 0.4) is 0 Å². The average Bonchev–Trinajstić information content (AvgIpc) is 3.09. The van der Waals surface area contributed by atoms with Gasteiger partial charge < -0.3 is 4.40 Å². The summed E-state index contributed by atoms with van der Waals surface area (Å²) in [5, 5.41) is 0.703. The molecule has 6 heteroatoms. The average molecular weight is 358 g/mol. The van der Waals surface area contributed by atoms with Crippen LogP contribution in [0.2, 0.25) is 5.02 Å². The second-order valence-electron chi connectivity index (χ2n) is 5.40. The van der Waals surface area contributed by atoms with Gasteiger partial charge in [0.2, 0.25) is 5.78 Å². The first-order valence-corrected chi connectivity index (χ1v) is 8.73. The lowest BCUT2D eigenvalue weighted by Gasteiger charge is -1.95. The van der Waals surface area contributed by atoms with Crippen molar-refractivity contribution in [1.29, 1.82) is 0 Å². The maximum absolute atomic E-state index is 5.96. The number of pyridine rings is 1. The van der Waals surface area contributed by atoms with E-state index in [1.165, 1.54) is 0 Å². The summed E-state index contributed by atoms with van der Waals surface area (Å²) >= 11 is 5.96. The molecule has 4 rings (SSSR count). The molecule has 0 radical (unpaired) electrons. The highest BCUT2D eigenvalue weighted by molar-refractivity contribution is 6.33. The Morgan fingerprint density at radius 1 is 0.840 bits per heavy atom. The van der Waals surface area contributed by atoms with Crippen molar-refractivity contribution in [2.75, 3.05) is 0 Å². The van der Waals surface area contributed by atoms with E-state index in [0.717, 1.165) is 34.2 Å². The first-order chi connectivity index (χ1) is 12.0. The molecule has 0 aliphatic rings. The number of hydrogen-bond donors (Lipinski definition) is 0. The fourth-order valence-corrected chi connectivity index (χ4v) is 2.58. The van der Waals surface area contributed by atoms with Gasteiger partial charge in [-0.15, -0.1) is 0 Å². The molecular weight excluding hydrogens is 334 g/mol. The van der Waals surface area contributed by atoms with Gasteiger partial charge in [-0.2, -0.15) is 0 Å². The van der Waals surface area contributed by atoms with E-state index in [4.69, 9.17) is 11.6 Å². The van der Waals surface area contributed by atoms with Gasteiger partial charge in [-0.25, -0.2) is 15.0 Å². The van der Waals surface area contributed by atoms with E-state index in [0.29, 0.717) is 5.02 Å². The van der Waals surface area contributed by atoms with Crippen molar-refractivity contribution in [3.63, 3.8) is 0 Å². The van der Waals surface area contributed by atoms with E-state index < -0.39 is 0 Å². The maximum Gasteiger partial charge on any atom is 0.234 e. The molecule has 0 atom stereocenters. The quantitative estimate of drug-likeness (QED) is 0.446. The Bertz CT molecular complexity index is 984. The molecule has 25 heavy (non-hydrogen) atoms. The summed E-state index contributed by atoms with van der Waals surface area (Å²) in [6, 6.07) is 5.67. The van der Waals surface area contributed by atoms with Gasteiger partial charge in [0, 0.05) is 30.0 Å². The normalized spacial score (nSPS) is 10.2. The van der Waals surface area contributed by atoms with E-state index in [2.05, 4.69) is 15.0 Å². The van der Waals surface area contributed by atoms with Gasteiger partial charge in [-0.05, 0) is 45.9 Å². The zero-order valence-electron chi connectivity index (χ0n) is 15.6. The number of halogens is 1. The van der Waals surface area contributed by atoms with Crippen molar-refractivity contribution in [3.05, 3.63) is 64.6 Å². The Kier molecular flexibility index (Phi) is 6.15. The summed E-state index contributed by atoms with van der Waals surface area (Å²) in [6.45, 7) is 12.0. The van der Waals surface area contributed by atoms with Crippen LogP contribution in [0.25, 0.3) is 11.4 Å². The van der Waals surface area contributed by atoms with E-state index in [1.54, 1.807) is 6.20 Å². The second-order valence-corrected chi connectivity index (χ2v) is 5.81. The molecule has 0 fully saturated rings. The molecule has 0 N–H and O–H groups in total. The van der Waals surface area contributed by atoms with Crippen molar-refractivity contribution in [1.82, 2.24) is 23.8 Å². The highest BCUT2D eigenvalue weighted by Gasteiger charge is 2.05. The summed E-state index contributed by atoms with van der Waals surface area (Å²) in [6.07, 6.45) is 5.69. The molecule has 0 bridgehead atoms. The van der Waals surface area contributed by atoms with Crippen molar-refractivity contribution in [2.24, 2.45) is 0 Å². The fourth-order valence-electron chi connectivity index (χ4n) is 2.38. The van der Waals surface area contributed by atoms with Gasteiger partial charge in [0.05, 0.1) is 16.4 Å². The lowest BCUT2D eigenvalue weighted by molar-refractivity contribution is 1.06. The highest BCUT2D eigenvalue weighted by atomic mass is 35.5. The Morgan fingerprint density at radius 3 is 2.08 bits per heavy atom. The van der Waals surface area contributed by atoms with Crippen LogP contribution in [0.4, 0.5) is 0 Å². The molecule has 0 saturated heterocycles. The number of imidazole rings is 2. The van der Waals surface area contributed by atoms with Crippen LogP contribution in [0.1, 0.15) is 36.6 Å². The molecule has 0 spiro atoms. The fraction of sp³-hybridized carbons (Fsp3) is 0.316. The summed E-state index contributed by atoms with van der Waals surface area (Å²) in [7, 11) is 0. The summed E-state index contributed by atoms with van der Waals surface area (Å²) < 4.78 is 3.98. The lowest BCUT2D eigenvalue weighted by atomic mass is 10.4. The van der Waals surface area contributed by atoms with E-state index in [1.807, 2.05) is 80.9 Å². The minimum Gasteiger partial charge on any atom is -0.303 e. The second kappa shape index (κ2) is 8.12. The summed E-state index contributed by atoms with van der Waals surface area (Å²) in [4.78, 5) is 12.7. The van der Waals surface area contributed by atoms with E-state index in [9.17, 15) is 0 Å². The molecule has 0 saturated carbocycles. The van der Waals surface area contributed by atoms with Crippen LogP contribution < -0.4 is 0 Å². The third-order valence-corrected chi connectivity index (χ3v) is 4.25. The van der Waals surface area contributed by atoms with Gasteiger partial charge in [0.1, 0.15) is 0 Å². The van der Waals surface area contributed by atoms with Crippen LogP contribution in [0.5, 0.6) is 0 Å². The number of hydrogen-bond acceptors (Lipinski definition) is 3. The third kappa shape index (κ3) is 3.82. The molecule has 0 amide bonds. The van der Waals surface area contributed by atoms with Crippen molar-refractivity contribution >= 4 is 23.0 Å². The van der Waals surface area contributed by atoms with Crippen molar-refractivity contribution in [2.45, 2.75) is 41.5 Å². The zero-order valence-corrected chi connectivity index (χ0v) is 16.3. The summed E-state index contributed by atoms with van der Waals surface area (Å²) in [5.74, 6) is 0.780. The Balaban J connectivity index is 0.000000165. The molecule has 4 heterocycles. The molecule has 132 valence electrons. The van der Waals surface area contributed by atoms with Crippen LogP contribution in [0, 0.1) is 27.7 Å². The predicted molar refractivity (Wildman–Crippen MR) is 103 cm³/mol. The molecule has 4 aromatic rings. The van der Waals surface area contributed by atoms with Gasteiger partial charge in [0.25, 0.3) is 0 Å². The van der Waals surface area contributed by atoms with Crippen LogP contribution in [-0.4, -0.2) is 23.8 Å². The monoisotopic (exact) mass is 357 g/mol. The Morgan fingerprint density at radius 2 is 1.44 bits per heavy atom. The molecule has 5 nitrogen and oxygen atoms in total. The molecule has 0 unspecified atom stereocenters. The minimum atomic E-state index is 0.703. The predicted octanol–water partition coefficient (Wildman–Crippen LogP) is 4.98. The topological polar surface area (TPSA) is 47.5 Å². The SMILES string of the molecule is CC.Cc1nc2c(Cl)cccn2c1C.Cc1nc2ncccn2c1C. The number of nitrogens with zero attached hydrogens (tertiary/aromatic N) is 5. The standard InChI is InChI=1S/C9H9ClN2.C8H9N3.C2H6/c1-6-7(2)12-5-3-4-8(10)9(12)11-6;1-6-7(2)11-5-3-4-9-8(11)10-6;1-2/h3-5H,1-2H3;3-5H,1-2H3;1-2H3. The largest absolute Gasteiger partial charge is 0.303 e. The third-order valence-electron chi connectivity index (χ3n) is 3.96. The minimum absolute atomic E-state index is 0.703. The Hall–Kier alpha value is -2.40. The maximum atomic E-state index is 5.96. The number of aryl methyl sites for hydroxylation is 4. The first-order valence-electron chi connectivity index (χ1n) is 8.35.